The van der Waals surface area contributed by atoms with Crippen LogP contribution in [0, 0.1) is 22.9 Å². The van der Waals surface area contributed by atoms with Crippen LogP contribution in [0.15, 0.2) is 361 Å². The Balaban J connectivity index is 0.000000174. The van der Waals surface area contributed by atoms with E-state index in [0.29, 0.717) is 111 Å². The molecule has 746 valence electrons. The van der Waals surface area contributed by atoms with Crippen molar-refractivity contribution >= 4 is 149 Å². The van der Waals surface area contributed by atoms with Crippen LogP contribution in [0.2, 0.25) is 5.02 Å². The van der Waals surface area contributed by atoms with E-state index in [0.717, 1.165) is 16.7 Å². The van der Waals surface area contributed by atoms with Gasteiger partial charge in [0.1, 0.15) is 11.4 Å². The van der Waals surface area contributed by atoms with E-state index >= 15 is 0 Å². The van der Waals surface area contributed by atoms with Gasteiger partial charge in [0.05, 0.1) is 4.92 Å². The normalized spacial score (nSPS) is 11.0. The topological polar surface area (TPSA) is 347 Å². The van der Waals surface area contributed by atoms with Crippen molar-refractivity contribution in [3.63, 3.8) is 0 Å². The van der Waals surface area contributed by atoms with E-state index in [4.69, 9.17) is 16.0 Å². The molecule has 0 fully saturated rings. The molecule has 15 aromatic rings. The molecule has 0 bridgehead atoms. The van der Waals surface area contributed by atoms with Crippen molar-refractivity contribution in [2.75, 3.05) is 53.2 Å². The molecule has 0 saturated heterocycles. The Hall–Kier alpha value is -16.8. The van der Waals surface area contributed by atoms with E-state index in [1.807, 2.05) is 134 Å². The predicted molar refractivity (Wildman–Crippen MR) is 586 cm³/mol. The zero-order chi connectivity index (χ0) is 106. The highest BCUT2D eigenvalue weighted by atomic mass is 79.9. The number of carbonyl (C=O) groups excluding carboxylic acids is 10. The number of furan rings is 1. The molecular weight excluding hydrogens is 1930 g/mol. The summed E-state index contributed by atoms with van der Waals surface area (Å²) in [6, 6.07) is 101. The minimum Gasteiger partial charge on any atom is -0.444 e. The van der Waals surface area contributed by atoms with Crippen LogP contribution < -0.4 is 53.2 Å². The Bertz CT molecular complexity index is 7140. The fourth-order valence-electron chi connectivity index (χ4n) is 14.1. The van der Waals surface area contributed by atoms with Crippen LogP contribution in [0.4, 0.5) is 67.0 Å². The first kappa shape index (κ1) is 110. The zero-order valence-electron chi connectivity index (χ0n) is 83.9. The summed E-state index contributed by atoms with van der Waals surface area (Å²) < 4.78 is 18.7. The molecule has 146 heavy (non-hydrogen) atoms. The summed E-state index contributed by atoms with van der Waals surface area (Å²) >= 11 is 9.09. The Morgan fingerprint density at radius 1 is 0.267 bits per heavy atom. The van der Waals surface area contributed by atoms with Crippen molar-refractivity contribution in [3.8, 4) is 0 Å². The van der Waals surface area contributed by atoms with Gasteiger partial charge in [-0.2, -0.15) is 0 Å². The molecule has 15 rings (SSSR count). The second-order valence-corrected chi connectivity index (χ2v) is 40.5. The summed E-state index contributed by atoms with van der Waals surface area (Å²) in [4.78, 5) is 134. The van der Waals surface area contributed by atoms with Crippen LogP contribution in [0.1, 0.15) is 241 Å². The minimum absolute atomic E-state index is 0.00938. The molecule has 0 aliphatic heterocycles. The van der Waals surface area contributed by atoms with Gasteiger partial charge in [0.15, 0.2) is 10.4 Å². The lowest BCUT2D eigenvalue weighted by atomic mass is 9.86. The molecule has 0 atom stereocenters. The van der Waals surface area contributed by atoms with Gasteiger partial charge in [0, 0.05) is 112 Å². The number of nitrogens with one attached hydrogen (secondary N) is 10. The fraction of sp³-hybridized carbons (Fsp3) is 0.176. The molecule has 0 spiro atoms. The number of hydrogen-bond donors (Lipinski definition) is 10. The maximum Gasteiger partial charge on any atom is 0.291 e. The highest BCUT2D eigenvalue weighted by Gasteiger charge is 2.25. The summed E-state index contributed by atoms with van der Waals surface area (Å²) in [7, 11) is 0. The van der Waals surface area contributed by atoms with Gasteiger partial charge in [-0.25, -0.2) is 4.39 Å². The van der Waals surface area contributed by atoms with E-state index < -0.39 is 16.6 Å². The maximum absolute atomic E-state index is 13.0. The molecular formula is C119H116BrClFN11O13. The van der Waals surface area contributed by atoms with Crippen molar-refractivity contribution in [1.82, 2.24) is 0 Å². The third-order valence-corrected chi connectivity index (χ3v) is 23.5. The predicted octanol–water partition coefficient (Wildman–Crippen LogP) is 28.8. The van der Waals surface area contributed by atoms with Crippen LogP contribution in [0.3, 0.4) is 0 Å². The highest BCUT2D eigenvalue weighted by Crippen LogP contribution is 2.32. The van der Waals surface area contributed by atoms with Crippen LogP contribution >= 0.6 is 27.5 Å². The molecule has 10 N–H and O–H groups in total. The summed E-state index contributed by atoms with van der Waals surface area (Å²) in [6.45, 7) is 33.8. The average molecular weight is 2040 g/mol. The highest BCUT2D eigenvalue weighted by molar-refractivity contribution is 9.10. The number of benzene rings is 14. The SMILES string of the molecule is CC(C)(C)c1ccc(C(=O)Nc2ccc(NC(=O)c3ccc(Br)o3)cc2)cc1.CC(C)(C)c1ccc(C(=O)Nc2ccc(NC(=O)c3ccc(F)cc3)cc2)cc1.CC(C)(C)c1ccc(C(=O)Nc2ccc(NC(=O)c3cccc(Cl)c3)cc2)cc1.CC(C)(C)c1ccc(C(=O)Nc2ccc(NC(=O)c3ccccc3[N+](=O)[O-])cc2)cc1.Cc1ccccc1C(=O)Nc1ccc(NC(=O)c2ccc(C(C)(C)C)cc2)cc1. The number of carbonyl (C=O) groups is 10. The second kappa shape index (κ2) is 49.2. The monoisotopic (exact) mass is 2040 g/mol. The fourth-order valence-corrected chi connectivity index (χ4v) is 14.6. The summed E-state index contributed by atoms with van der Waals surface area (Å²) in [5.41, 5.74) is 17.1. The van der Waals surface area contributed by atoms with Gasteiger partial charge in [0.2, 0.25) is 0 Å². The molecule has 27 heteroatoms. The molecule has 0 unspecified atom stereocenters. The molecule has 10 amide bonds. The Morgan fingerprint density at radius 3 is 0.733 bits per heavy atom. The Kier molecular flexibility index (Phi) is 36.9. The minimum atomic E-state index is -0.596. The van der Waals surface area contributed by atoms with Crippen LogP contribution in [0.25, 0.3) is 0 Å². The number of nitro benzene ring substituents is 1. The van der Waals surface area contributed by atoms with Crippen molar-refractivity contribution in [1.29, 1.82) is 0 Å². The van der Waals surface area contributed by atoms with E-state index in [-0.39, 0.29) is 97.3 Å². The molecule has 0 aliphatic rings. The number of anilines is 10. The van der Waals surface area contributed by atoms with Gasteiger partial charge in [-0.3, -0.25) is 58.1 Å². The summed E-state index contributed by atoms with van der Waals surface area (Å²) in [6.07, 6.45) is 0. The van der Waals surface area contributed by atoms with E-state index in [1.165, 1.54) is 59.2 Å². The average Bonchev–Trinajstić information content (AvgIpc) is 1.55. The van der Waals surface area contributed by atoms with Crippen molar-refractivity contribution < 1.29 is 61.7 Å². The number of nitro groups is 1. The van der Waals surface area contributed by atoms with Gasteiger partial charge < -0.3 is 57.6 Å². The van der Waals surface area contributed by atoms with Gasteiger partial charge in [-0.15, -0.1) is 0 Å². The van der Waals surface area contributed by atoms with Crippen molar-refractivity contribution in [3.05, 3.63) is 467 Å². The van der Waals surface area contributed by atoms with Crippen molar-refractivity contribution in [2.45, 2.75) is 138 Å². The molecule has 0 saturated carbocycles. The molecule has 0 aliphatic carbocycles. The Labute approximate surface area is 862 Å². The van der Waals surface area contributed by atoms with Gasteiger partial charge in [-0.05, 0) is 332 Å². The molecule has 0 radical (unpaired) electrons. The van der Waals surface area contributed by atoms with Gasteiger partial charge >= 0.3 is 0 Å². The lowest BCUT2D eigenvalue weighted by molar-refractivity contribution is -0.385. The Morgan fingerprint density at radius 2 is 0.493 bits per heavy atom. The van der Waals surface area contributed by atoms with Crippen LogP contribution in [-0.4, -0.2) is 64.0 Å². The summed E-state index contributed by atoms with van der Waals surface area (Å²) in [5.74, 6) is -2.81. The number of rotatable bonds is 21. The number of halogens is 3. The third kappa shape index (κ3) is 32.9. The first-order chi connectivity index (χ1) is 69.0. The number of amides is 10. The first-order valence-corrected chi connectivity index (χ1v) is 47.9. The first-order valence-electron chi connectivity index (χ1n) is 46.8. The molecule has 1 heterocycles. The molecule has 1 aromatic heterocycles. The smallest absolute Gasteiger partial charge is 0.291 e. The van der Waals surface area contributed by atoms with E-state index in [9.17, 15) is 62.5 Å². The van der Waals surface area contributed by atoms with Crippen molar-refractivity contribution in [2.24, 2.45) is 0 Å². The number of para-hydroxylation sites is 1. The quantitative estimate of drug-likeness (QED) is 0.0237. The lowest BCUT2D eigenvalue weighted by Gasteiger charge is -2.19. The van der Waals surface area contributed by atoms with Crippen LogP contribution in [0.5, 0.6) is 0 Å². The van der Waals surface area contributed by atoms with Gasteiger partial charge in [-0.1, -0.05) is 213 Å². The standard InChI is InChI=1S/C25H26N2O2.C24H23ClN2O2.C24H23FN2O2.C24H23N3O4.C22H21BrN2O3/c1-17-7-5-6-8-22(17)24(29)27-21-15-13-20(14-16-21)26-23(28)18-9-11-19(12-10-18)25(2,3)4;1-24(2,3)18-9-7-16(8-10-18)22(28)26-20-11-13-21(14-12-20)27-23(29)17-5-4-6-19(25)15-17;1-24(2,3)18-8-4-16(5-9-18)22(28)26-20-12-14-21(15-13-20)27-23(29)17-6-10-19(25)11-7-17;1-24(2,3)17-10-8-16(9-11-17)22(28)25-18-12-14-19(15-13-18)26-23(29)20-6-4-5-7-21(20)27(30)31;1-22(2,3)15-6-4-14(5-7-15)20(26)24-16-8-10-17(11-9-16)25-21(27)18-12-13-19(23)28-18/h5-16H,1-4H3,(H,26,28)(H,27,29);2*4-15H,1-3H3,(H,26,28)(H,27,29);4-15H,1-3H3,(H,25,28)(H,26,29);4-13H,1-3H3,(H,24,26)(H,25,27). The van der Waals surface area contributed by atoms with E-state index in [2.05, 4.69) is 173 Å². The van der Waals surface area contributed by atoms with Gasteiger partial charge in [0.25, 0.3) is 64.8 Å². The summed E-state index contributed by atoms with van der Waals surface area (Å²) in [5, 5.41) is 39.7. The maximum atomic E-state index is 13.0. The number of nitrogens with zero attached hydrogens (tertiary/aromatic N) is 1. The number of hydrogen-bond acceptors (Lipinski definition) is 13. The zero-order valence-corrected chi connectivity index (χ0v) is 86.2. The van der Waals surface area contributed by atoms with Crippen LogP contribution in [-0.2, 0) is 27.1 Å². The molecule has 14 aromatic carbocycles. The third-order valence-electron chi connectivity index (χ3n) is 22.8. The lowest BCUT2D eigenvalue weighted by Crippen LogP contribution is -2.15. The number of aryl methyl sites for hydroxylation is 1. The second-order valence-electron chi connectivity index (χ2n) is 39.3. The van der Waals surface area contributed by atoms with E-state index in [1.54, 1.807) is 182 Å². The largest absolute Gasteiger partial charge is 0.444 e. The molecule has 24 nitrogen and oxygen atoms in total.